The van der Waals surface area contributed by atoms with Gasteiger partial charge in [-0.15, -0.1) is 0 Å². The SMILES string of the molecule is Cc1cccc(N)[nH+]1.O=C([O-])c1c(Cl)c(Cl)c(Cl)c(Cl)c1C(=O)O. The number of carbonyl (C=O) groups is 2. The molecule has 1 heterocycles. The number of nitrogen functional groups attached to an aromatic ring is 1. The number of rotatable bonds is 2. The van der Waals surface area contributed by atoms with E-state index in [2.05, 4.69) is 4.98 Å². The number of aromatic amines is 1. The molecule has 2 rings (SSSR count). The number of nitrogens with two attached hydrogens (primary N) is 1. The molecule has 0 atom stereocenters. The Kier molecular flexibility index (Phi) is 7.10. The van der Waals surface area contributed by atoms with Gasteiger partial charge in [0.05, 0.1) is 37.3 Å². The van der Waals surface area contributed by atoms with Crippen molar-refractivity contribution in [2.45, 2.75) is 6.92 Å². The number of hydrogen-bond acceptors (Lipinski definition) is 4. The van der Waals surface area contributed by atoms with Crippen molar-refractivity contribution in [3.63, 3.8) is 0 Å². The highest BCUT2D eigenvalue weighted by Gasteiger charge is 2.25. The van der Waals surface area contributed by atoms with Crippen molar-refractivity contribution in [2.75, 3.05) is 5.73 Å². The number of anilines is 1. The summed E-state index contributed by atoms with van der Waals surface area (Å²) in [5, 5.41) is 17.9. The molecule has 0 spiro atoms. The number of carboxylic acid groups (broad SMARTS) is 2. The number of aromatic carboxylic acids is 2. The predicted molar refractivity (Wildman–Crippen MR) is 89.9 cm³/mol. The van der Waals surface area contributed by atoms with Gasteiger partial charge in [-0.2, -0.15) is 0 Å². The first kappa shape index (κ1) is 20.3. The Hall–Kier alpha value is -1.73. The molecule has 1 aromatic heterocycles. The average molecular weight is 412 g/mol. The van der Waals surface area contributed by atoms with Crippen LogP contribution < -0.4 is 15.8 Å². The van der Waals surface area contributed by atoms with E-state index in [1.165, 1.54) is 0 Å². The summed E-state index contributed by atoms with van der Waals surface area (Å²) in [5.74, 6) is -2.68. The Bertz CT molecular complexity index is 750. The Morgan fingerprint density at radius 3 is 1.88 bits per heavy atom. The molecule has 0 aliphatic heterocycles. The molecule has 1 aromatic carbocycles. The number of aryl methyl sites for hydroxylation is 1. The molecule has 0 radical (unpaired) electrons. The van der Waals surface area contributed by atoms with Crippen molar-refractivity contribution in [3.05, 3.63) is 55.1 Å². The Morgan fingerprint density at radius 1 is 1.04 bits per heavy atom. The van der Waals surface area contributed by atoms with Crippen LogP contribution in [0.5, 0.6) is 0 Å². The molecule has 2 aromatic rings. The smallest absolute Gasteiger partial charge is 0.338 e. The standard InChI is InChI=1S/C8H2Cl4O4.C6H8N2/c9-3-1(7(13)14)2(8(15)16)4(10)6(12)5(3)11;1-5-3-2-4-6(7)8-5/h(H,13,14)(H,15,16);2-4H,1H3,(H2,7,8). The highest BCUT2D eigenvalue weighted by molar-refractivity contribution is 6.53. The van der Waals surface area contributed by atoms with E-state index in [0.717, 1.165) is 5.69 Å². The van der Waals surface area contributed by atoms with Crippen molar-refractivity contribution in [1.29, 1.82) is 0 Å². The van der Waals surface area contributed by atoms with E-state index < -0.39 is 33.1 Å². The summed E-state index contributed by atoms with van der Waals surface area (Å²) in [5.41, 5.74) is 4.94. The number of H-pyrrole nitrogens is 1. The van der Waals surface area contributed by atoms with Gasteiger partial charge in [0.25, 0.3) is 5.82 Å². The van der Waals surface area contributed by atoms with E-state index in [-0.39, 0.29) is 10.0 Å². The Morgan fingerprint density at radius 2 is 1.54 bits per heavy atom. The molecule has 0 aliphatic rings. The van der Waals surface area contributed by atoms with Gasteiger partial charge in [0, 0.05) is 11.6 Å². The number of halogens is 4. The summed E-state index contributed by atoms with van der Waals surface area (Å²) in [4.78, 5) is 24.5. The minimum absolute atomic E-state index is 0.323. The molecule has 0 fully saturated rings. The zero-order chi connectivity index (χ0) is 18.6. The lowest BCUT2D eigenvalue weighted by atomic mass is 10.1. The number of nitrogens with one attached hydrogen (secondary N) is 1. The van der Waals surface area contributed by atoms with E-state index in [0.29, 0.717) is 5.82 Å². The van der Waals surface area contributed by atoms with E-state index >= 15 is 0 Å². The molecule has 0 saturated heterocycles. The second-order valence-electron chi connectivity index (χ2n) is 4.39. The lowest BCUT2D eigenvalue weighted by Crippen LogP contribution is -2.26. The fraction of sp³-hybridized carbons (Fsp3) is 0.0714. The van der Waals surface area contributed by atoms with Crippen LogP contribution in [0.2, 0.25) is 20.1 Å². The van der Waals surface area contributed by atoms with Gasteiger partial charge >= 0.3 is 5.97 Å². The lowest BCUT2D eigenvalue weighted by molar-refractivity contribution is -0.370. The van der Waals surface area contributed by atoms with Gasteiger partial charge in [-0.05, 0) is 13.0 Å². The zero-order valence-corrected chi connectivity index (χ0v) is 15.0. The molecule has 0 bridgehead atoms. The molecule has 0 amide bonds. The van der Waals surface area contributed by atoms with Gasteiger partial charge in [0.1, 0.15) is 0 Å². The number of aromatic nitrogens is 1. The minimum atomic E-state index is -1.80. The van der Waals surface area contributed by atoms with Gasteiger partial charge in [0.15, 0.2) is 0 Å². The monoisotopic (exact) mass is 410 g/mol. The molecule has 0 aliphatic carbocycles. The number of carboxylic acids is 2. The quantitative estimate of drug-likeness (QED) is 0.581. The van der Waals surface area contributed by atoms with Crippen molar-refractivity contribution >= 4 is 64.2 Å². The fourth-order valence-corrected chi connectivity index (χ4v) is 2.64. The molecular weight excluding hydrogens is 402 g/mol. The zero-order valence-electron chi connectivity index (χ0n) is 12.0. The maximum absolute atomic E-state index is 10.8. The fourth-order valence-electron chi connectivity index (χ4n) is 1.63. The van der Waals surface area contributed by atoms with Crippen LogP contribution >= 0.6 is 46.4 Å². The summed E-state index contributed by atoms with van der Waals surface area (Å²) in [6.07, 6.45) is 0. The average Bonchev–Trinajstić information content (AvgIpc) is 2.48. The normalized spacial score (nSPS) is 9.88. The van der Waals surface area contributed by atoms with Crippen molar-refractivity contribution < 1.29 is 24.8 Å². The number of hydrogen-bond donors (Lipinski definition) is 2. The molecule has 4 N–H and O–H groups in total. The molecule has 0 unspecified atom stereocenters. The van der Waals surface area contributed by atoms with Gasteiger partial charge in [-0.1, -0.05) is 52.5 Å². The van der Waals surface area contributed by atoms with Crippen LogP contribution in [-0.4, -0.2) is 17.0 Å². The third-order valence-electron chi connectivity index (χ3n) is 2.65. The van der Waals surface area contributed by atoms with E-state index in [1.807, 2.05) is 25.1 Å². The second-order valence-corrected chi connectivity index (χ2v) is 5.90. The van der Waals surface area contributed by atoms with Crippen molar-refractivity contribution in [3.8, 4) is 0 Å². The highest BCUT2D eigenvalue weighted by Crippen LogP contribution is 2.41. The van der Waals surface area contributed by atoms with Gasteiger partial charge in [-0.25, -0.2) is 9.78 Å². The third-order valence-corrected chi connectivity index (χ3v) is 4.45. The first-order valence-corrected chi connectivity index (χ1v) is 7.64. The molecular formula is C14H10Cl4N2O4. The Labute approximate surface area is 156 Å². The predicted octanol–water partition coefficient (Wildman–Crippen LogP) is 2.75. The van der Waals surface area contributed by atoms with Crippen LogP contribution in [0, 0.1) is 6.92 Å². The third kappa shape index (κ3) is 4.64. The summed E-state index contributed by atoms with van der Waals surface area (Å²) in [6, 6.07) is 5.71. The first-order valence-electron chi connectivity index (χ1n) is 6.12. The molecule has 10 heteroatoms. The minimum Gasteiger partial charge on any atom is -0.545 e. The molecule has 128 valence electrons. The summed E-state index contributed by atoms with van der Waals surface area (Å²) in [7, 11) is 0. The summed E-state index contributed by atoms with van der Waals surface area (Å²) < 4.78 is 0. The molecule has 24 heavy (non-hydrogen) atoms. The van der Waals surface area contributed by atoms with E-state index in [1.54, 1.807) is 0 Å². The topological polar surface area (TPSA) is 118 Å². The summed E-state index contributed by atoms with van der Waals surface area (Å²) in [6.45, 7) is 1.97. The number of pyridine rings is 1. The lowest BCUT2D eigenvalue weighted by Gasteiger charge is -2.14. The van der Waals surface area contributed by atoms with Crippen LogP contribution in [0.1, 0.15) is 26.4 Å². The Balaban J connectivity index is 0.000000300. The van der Waals surface area contributed by atoms with Crippen LogP contribution in [0.3, 0.4) is 0 Å². The number of carbonyl (C=O) groups excluding carboxylic acids is 1. The van der Waals surface area contributed by atoms with Crippen LogP contribution in [0.25, 0.3) is 0 Å². The largest absolute Gasteiger partial charge is 0.545 e. The van der Waals surface area contributed by atoms with E-state index in [4.69, 9.17) is 57.2 Å². The van der Waals surface area contributed by atoms with Crippen LogP contribution in [-0.2, 0) is 0 Å². The van der Waals surface area contributed by atoms with Crippen molar-refractivity contribution in [1.82, 2.24) is 0 Å². The second kappa shape index (κ2) is 8.39. The van der Waals surface area contributed by atoms with Gasteiger partial charge in [-0.3, -0.25) is 5.73 Å². The van der Waals surface area contributed by atoms with E-state index in [9.17, 15) is 14.7 Å². The molecule has 6 nitrogen and oxygen atoms in total. The first-order chi connectivity index (χ1) is 11.1. The van der Waals surface area contributed by atoms with Crippen LogP contribution in [0.15, 0.2) is 18.2 Å². The maximum Gasteiger partial charge on any atom is 0.338 e. The highest BCUT2D eigenvalue weighted by atomic mass is 35.5. The van der Waals surface area contributed by atoms with Crippen molar-refractivity contribution in [2.24, 2.45) is 0 Å². The number of benzene rings is 1. The van der Waals surface area contributed by atoms with Crippen LogP contribution in [0.4, 0.5) is 5.82 Å². The molecule has 0 saturated carbocycles. The maximum atomic E-state index is 10.8. The van der Waals surface area contributed by atoms with Gasteiger partial charge < -0.3 is 15.0 Å². The summed E-state index contributed by atoms with van der Waals surface area (Å²) >= 11 is 22.3. The van der Waals surface area contributed by atoms with Gasteiger partial charge in [0.2, 0.25) is 0 Å².